The Balaban J connectivity index is 1.90. The average molecular weight is 339 g/mol. The number of ether oxygens (including phenoxy) is 1. The summed E-state index contributed by atoms with van der Waals surface area (Å²) in [6.45, 7) is 8.33. The molecule has 1 N–H and O–H groups in total. The van der Waals surface area contributed by atoms with Crippen LogP contribution < -0.4 is 0 Å². The Kier molecular flexibility index (Phi) is 5.89. The van der Waals surface area contributed by atoms with E-state index in [0.29, 0.717) is 0 Å². The molecule has 1 fully saturated rings. The first-order valence-corrected chi connectivity index (χ1v) is 9.28. The monoisotopic (exact) mass is 339 g/mol. The van der Waals surface area contributed by atoms with Crippen LogP contribution in [0.25, 0.3) is 0 Å². The number of benzene rings is 2. The van der Waals surface area contributed by atoms with Gasteiger partial charge in [0.15, 0.2) is 0 Å². The molecule has 1 aliphatic rings. The van der Waals surface area contributed by atoms with Crippen molar-refractivity contribution in [1.82, 2.24) is 4.90 Å². The molecule has 0 saturated carbocycles. The Morgan fingerprint density at radius 1 is 1.04 bits per heavy atom. The van der Waals surface area contributed by atoms with E-state index in [-0.39, 0.29) is 5.92 Å². The highest BCUT2D eigenvalue weighted by molar-refractivity contribution is 5.33. The molecule has 2 atom stereocenters. The van der Waals surface area contributed by atoms with Crippen molar-refractivity contribution in [1.29, 1.82) is 0 Å². The van der Waals surface area contributed by atoms with E-state index in [2.05, 4.69) is 60.4 Å². The highest BCUT2D eigenvalue weighted by atomic mass is 16.5. The fraction of sp³-hybridized carbons (Fsp3) is 0.455. The van der Waals surface area contributed by atoms with Crippen LogP contribution in [0.15, 0.2) is 54.6 Å². The molecule has 0 unspecified atom stereocenters. The second-order valence-corrected chi connectivity index (χ2v) is 7.07. The molecule has 0 radical (unpaired) electrons. The van der Waals surface area contributed by atoms with Crippen molar-refractivity contribution in [3.8, 4) is 0 Å². The zero-order valence-corrected chi connectivity index (χ0v) is 15.3. The molecule has 25 heavy (non-hydrogen) atoms. The maximum atomic E-state index is 11.5. The van der Waals surface area contributed by atoms with Gasteiger partial charge in [-0.05, 0) is 30.0 Å². The van der Waals surface area contributed by atoms with E-state index in [1.807, 2.05) is 13.0 Å². The van der Waals surface area contributed by atoms with Crippen LogP contribution in [-0.2, 0) is 16.8 Å². The summed E-state index contributed by atoms with van der Waals surface area (Å²) in [6, 6.07) is 18.8. The van der Waals surface area contributed by atoms with Crippen molar-refractivity contribution in [3.05, 3.63) is 71.3 Å². The normalized spacial score (nSPS) is 19.3. The number of nitrogens with zero attached hydrogens (tertiary/aromatic N) is 1. The molecular formula is C22H29NO2. The summed E-state index contributed by atoms with van der Waals surface area (Å²) in [5.41, 5.74) is 2.53. The lowest BCUT2D eigenvalue weighted by molar-refractivity contribution is -0.0107. The third-order valence-corrected chi connectivity index (χ3v) is 5.37. The minimum Gasteiger partial charge on any atom is -0.385 e. The van der Waals surface area contributed by atoms with E-state index in [1.54, 1.807) is 0 Å². The quantitative estimate of drug-likeness (QED) is 0.873. The van der Waals surface area contributed by atoms with Gasteiger partial charge in [0.1, 0.15) is 0 Å². The van der Waals surface area contributed by atoms with Gasteiger partial charge in [-0.15, -0.1) is 0 Å². The van der Waals surface area contributed by atoms with Gasteiger partial charge >= 0.3 is 0 Å². The molecule has 3 nitrogen and oxygen atoms in total. The predicted octanol–water partition coefficient (Wildman–Crippen LogP) is 3.57. The third-order valence-electron chi connectivity index (χ3n) is 5.37. The zero-order valence-electron chi connectivity index (χ0n) is 15.3. The Hall–Kier alpha value is -1.68. The van der Waals surface area contributed by atoms with Gasteiger partial charge in [0.2, 0.25) is 0 Å². The van der Waals surface area contributed by atoms with E-state index >= 15 is 0 Å². The molecule has 2 aromatic rings. The lowest BCUT2D eigenvalue weighted by Gasteiger charge is -2.38. The van der Waals surface area contributed by atoms with Gasteiger partial charge in [0, 0.05) is 25.6 Å². The van der Waals surface area contributed by atoms with Gasteiger partial charge < -0.3 is 9.84 Å². The van der Waals surface area contributed by atoms with Crippen LogP contribution in [0.3, 0.4) is 0 Å². The molecule has 0 aromatic heterocycles. The summed E-state index contributed by atoms with van der Waals surface area (Å²) in [6.07, 6.45) is 1.01. The molecule has 0 spiro atoms. The molecule has 2 aromatic carbocycles. The lowest BCUT2D eigenvalue weighted by atomic mass is 9.78. The number of rotatable bonds is 6. The van der Waals surface area contributed by atoms with E-state index in [4.69, 9.17) is 4.74 Å². The lowest BCUT2D eigenvalue weighted by Crippen LogP contribution is -2.43. The van der Waals surface area contributed by atoms with E-state index in [1.165, 1.54) is 11.1 Å². The fourth-order valence-electron chi connectivity index (χ4n) is 3.61. The zero-order chi connectivity index (χ0) is 17.7. The SMILES string of the molecule is CCc1ccc([C@@](C)(O)[C@@H](CN2CCOCC2)c2ccccc2)cc1. The molecule has 3 rings (SSSR count). The van der Waals surface area contributed by atoms with Crippen LogP contribution in [-0.4, -0.2) is 42.9 Å². The first-order chi connectivity index (χ1) is 12.1. The Bertz CT molecular complexity index is 645. The van der Waals surface area contributed by atoms with Crippen LogP contribution in [0.4, 0.5) is 0 Å². The number of hydrogen-bond donors (Lipinski definition) is 1. The summed E-state index contributed by atoms with van der Waals surface area (Å²) in [7, 11) is 0. The Labute approximate surface area is 151 Å². The van der Waals surface area contributed by atoms with Crippen molar-refractivity contribution in [2.75, 3.05) is 32.8 Å². The third kappa shape index (κ3) is 4.30. The van der Waals surface area contributed by atoms with Gasteiger partial charge in [0.25, 0.3) is 0 Å². The minimum absolute atomic E-state index is 0.0132. The largest absolute Gasteiger partial charge is 0.385 e. The number of morpholine rings is 1. The number of aryl methyl sites for hydroxylation is 1. The molecule has 1 heterocycles. The van der Waals surface area contributed by atoms with E-state index < -0.39 is 5.60 Å². The molecule has 3 heteroatoms. The molecule has 0 aliphatic carbocycles. The Morgan fingerprint density at radius 2 is 1.68 bits per heavy atom. The topological polar surface area (TPSA) is 32.7 Å². The van der Waals surface area contributed by atoms with Gasteiger partial charge in [-0.1, -0.05) is 61.5 Å². The van der Waals surface area contributed by atoms with Crippen molar-refractivity contribution in [2.45, 2.75) is 31.8 Å². The standard InChI is InChI=1S/C22H29NO2/c1-3-18-9-11-20(12-10-18)22(2,24)21(19-7-5-4-6-8-19)17-23-13-15-25-16-14-23/h4-12,21,24H,3,13-17H2,1-2H3/t21-,22+/m0/s1. The van der Waals surface area contributed by atoms with E-state index in [9.17, 15) is 5.11 Å². The fourth-order valence-corrected chi connectivity index (χ4v) is 3.61. The highest BCUT2D eigenvalue weighted by Crippen LogP contribution is 2.37. The molecule has 0 amide bonds. The van der Waals surface area contributed by atoms with E-state index in [0.717, 1.165) is 44.8 Å². The summed E-state index contributed by atoms with van der Waals surface area (Å²) in [5, 5.41) is 11.5. The minimum atomic E-state index is -0.925. The van der Waals surface area contributed by atoms with Crippen LogP contribution in [0, 0.1) is 0 Å². The van der Waals surface area contributed by atoms with Crippen LogP contribution in [0.2, 0.25) is 0 Å². The second-order valence-electron chi connectivity index (χ2n) is 7.07. The number of hydrogen-bond acceptors (Lipinski definition) is 3. The maximum absolute atomic E-state index is 11.5. The van der Waals surface area contributed by atoms with Gasteiger partial charge in [0.05, 0.1) is 18.8 Å². The molecule has 0 bridgehead atoms. The van der Waals surface area contributed by atoms with Crippen molar-refractivity contribution in [2.24, 2.45) is 0 Å². The summed E-state index contributed by atoms with van der Waals surface area (Å²) in [5.74, 6) is 0.0132. The Morgan fingerprint density at radius 3 is 2.28 bits per heavy atom. The first-order valence-electron chi connectivity index (χ1n) is 9.28. The molecule has 134 valence electrons. The van der Waals surface area contributed by atoms with Gasteiger partial charge in [-0.3, -0.25) is 4.90 Å². The summed E-state index contributed by atoms with van der Waals surface area (Å²) >= 11 is 0. The summed E-state index contributed by atoms with van der Waals surface area (Å²) < 4.78 is 5.48. The molecule has 1 saturated heterocycles. The van der Waals surface area contributed by atoms with Crippen molar-refractivity contribution < 1.29 is 9.84 Å². The molecule has 1 aliphatic heterocycles. The van der Waals surface area contributed by atoms with Crippen LogP contribution in [0.1, 0.15) is 36.5 Å². The van der Waals surface area contributed by atoms with Crippen LogP contribution >= 0.6 is 0 Å². The number of aliphatic hydroxyl groups is 1. The van der Waals surface area contributed by atoms with Gasteiger partial charge in [-0.25, -0.2) is 0 Å². The maximum Gasteiger partial charge on any atom is 0.0949 e. The van der Waals surface area contributed by atoms with Gasteiger partial charge in [-0.2, -0.15) is 0 Å². The second kappa shape index (κ2) is 8.13. The van der Waals surface area contributed by atoms with Crippen molar-refractivity contribution >= 4 is 0 Å². The smallest absolute Gasteiger partial charge is 0.0949 e. The summed E-state index contributed by atoms with van der Waals surface area (Å²) in [4.78, 5) is 2.40. The first kappa shape index (κ1) is 18.1. The van der Waals surface area contributed by atoms with Crippen molar-refractivity contribution in [3.63, 3.8) is 0 Å². The highest BCUT2D eigenvalue weighted by Gasteiger charge is 2.36. The van der Waals surface area contributed by atoms with Crippen LogP contribution in [0.5, 0.6) is 0 Å². The molecular weight excluding hydrogens is 310 g/mol. The predicted molar refractivity (Wildman–Crippen MR) is 102 cm³/mol. The average Bonchev–Trinajstić information content (AvgIpc) is 2.67.